The third-order valence-corrected chi connectivity index (χ3v) is 3.97. The highest BCUT2D eigenvalue weighted by Crippen LogP contribution is 2.23. The van der Waals surface area contributed by atoms with E-state index in [-0.39, 0.29) is 6.10 Å². The van der Waals surface area contributed by atoms with Crippen molar-refractivity contribution in [2.45, 2.75) is 58.2 Å². The normalized spacial score (nSPS) is 24.3. The molecule has 1 heterocycles. The lowest BCUT2D eigenvalue weighted by Crippen LogP contribution is -2.33. The van der Waals surface area contributed by atoms with Gasteiger partial charge < -0.3 is 15.0 Å². The van der Waals surface area contributed by atoms with Crippen molar-refractivity contribution in [1.29, 1.82) is 0 Å². The van der Waals surface area contributed by atoms with Crippen LogP contribution in [0.1, 0.15) is 44.7 Å². The van der Waals surface area contributed by atoms with Gasteiger partial charge in [0, 0.05) is 31.5 Å². The van der Waals surface area contributed by atoms with Gasteiger partial charge in [-0.25, -0.2) is 0 Å². The molecule has 1 aromatic rings. The van der Waals surface area contributed by atoms with Gasteiger partial charge in [0.2, 0.25) is 0 Å². The summed E-state index contributed by atoms with van der Waals surface area (Å²) >= 11 is 0. The van der Waals surface area contributed by atoms with Gasteiger partial charge in [-0.3, -0.25) is 0 Å². The number of rotatable bonds is 6. The van der Waals surface area contributed by atoms with Crippen LogP contribution in [0.4, 0.5) is 0 Å². The summed E-state index contributed by atoms with van der Waals surface area (Å²) in [6.07, 6.45) is 7.85. The van der Waals surface area contributed by atoms with Crippen LogP contribution in [0.2, 0.25) is 0 Å². The predicted octanol–water partition coefficient (Wildman–Crippen LogP) is 2.54. The molecular formula is C15H26N2O. The lowest BCUT2D eigenvalue weighted by atomic mass is 9.86. The molecule has 2 rings (SSSR count). The molecule has 0 aliphatic heterocycles. The largest absolute Gasteiger partial charge is 0.393 e. The Morgan fingerprint density at radius 2 is 2.22 bits per heavy atom. The van der Waals surface area contributed by atoms with Crippen molar-refractivity contribution < 1.29 is 5.11 Å². The average Bonchev–Trinajstić information content (AvgIpc) is 2.80. The number of nitrogens with one attached hydrogen (secondary N) is 1. The minimum absolute atomic E-state index is 0.0892. The SMILES string of the molecule is CCCn1cccc1CNCC1CCCCC1O. The first-order valence-corrected chi connectivity index (χ1v) is 7.34. The van der Waals surface area contributed by atoms with Crippen LogP contribution >= 0.6 is 0 Å². The van der Waals surface area contributed by atoms with E-state index in [1.54, 1.807) is 0 Å². The van der Waals surface area contributed by atoms with Gasteiger partial charge in [0.25, 0.3) is 0 Å². The molecule has 0 amide bonds. The Labute approximate surface area is 110 Å². The number of aromatic nitrogens is 1. The van der Waals surface area contributed by atoms with Crippen LogP contribution in [0.5, 0.6) is 0 Å². The maximum Gasteiger partial charge on any atom is 0.0580 e. The molecule has 2 N–H and O–H groups in total. The molecular weight excluding hydrogens is 224 g/mol. The van der Waals surface area contributed by atoms with E-state index in [4.69, 9.17) is 0 Å². The first-order valence-electron chi connectivity index (χ1n) is 7.34. The zero-order valence-electron chi connectivity index (χ0n) is 11.4. The van der Waals surface area contributed by atoms with E-state index >= 15 is 0 Å². The smallest absolute Gasteiger partial charge is 0.0580 e. The molecule has 0 aromatic carbocycles. The number of aliphatic hydroxyl groups is 1. The fourth-order valence-corrected chi connectivity index (χ4v) is 2.88. The monoisotopic (exact) mass is 250 g/mol. The van der Waals surface area contributed by atoms with E-state index in [1.165, 1.54) is 31.4 Å². The third-order valence-electron chi connectivity index (χ3n) is 3.97. The molecule has 1 aromatic heterocycles. The second-order valence-electron chi connectivity index (χ2n) is 5.44. The molecule has 1 aliphatic rings. The van der Waals surface area contributed by atoms with E-state index in [0.29, 0.717) is 5.92 Å². The van der Waals surface area contributed by atoms with E-state index < -0.39 is 0 Å². The van der Waals surface area contributed by atoms with Crippen LogP contribution in [0.25, 0.3) is 0 Å². The fraction of sp³-hybridized carbons (Fsp3) is 0.733. The minimum Gasteiger partial charge on any atom is -0.393 e. The summed E-state index contributed by atoms with van der Waals surface area (Å²) in [7, 11) is 0. The summed E-state index contributed by atoms with van der Waals surface area (Å²) in [5.74, 6) is 0.452. The van der Waals surface area contributed by atoms with Gasteiger partial charge >= 0.3 is 0 Å². The van der Waals surface area contributed by atoms with Crippen molar-refractivity contribution in [3.63, 3.8) is 0 Å². The second kappa shape index (κ2) is 6.95. The number of hydrogen-bond acceptors (Lipinski definition) is 2. The van der Waals surface area contributed by atoms with E-state index in [0.717, 1.165) is 26.1 Å². The van der Waals surface area contributed by atoms with Crippen molar-refractivity contribution in [3.05, 3.63) is 24.0 Å². The van der Waals surface area contributed by atoms with Gasteiger partial charge in [0.05, 0.1) is 6.10 Å². The molecule has 102 valence electrons. The molecule has 3 heteroatoms. The molecule has 1 aliphatic carbocycles. The number of aliphatic hydroxyl groups excluding tert-OH is 1. The molecule has 0 radical (unpaired) electrons. The van der Waals surface area contributed by atoms with Crippen LogP contribution in [0.3, 0.4) is 0 Å². The highest BCUT2D eigenvalue weighted by molar-refractivity contribution is 5.06. The van der Waals surface area contributed by atoms with Gasteiger partial charge in [-0.05, 0) is 37.3 Å². The third kappa shape index (κ3) is 3.59. The summed E-state index contributed by atoms with van der Waals surface area (Å²) < 4.78 is 2.31. The Balaban J connectivity index is 1.75. The van der Waals surface area contributed by atoms with Gasteiger partial charge in [-0.1, -0.05) is 19.8 Å². The summed E-state index contributed by atoms with van der Waals surface area (Å²) in [5.41, 5.74) is 1.35. The molecule has 0 saturated heterocycles. The molecule has 1 fully saturated rings. The lowest BCUT2D eigenvalue weighted by Gasteiger charge is -2.27. The van der Waals surface area contributed by atoms with Crippen molar-refractivity contribution in [2.75, 3.05) is 6.54 Å². The summed E-state index contributed by atoms with van der Waals surface area (Å²) in [4.78, 5) is 0. The van der Waals surface area contributed by atoms with Crippen LogP contribution < -0.4 is 5.32 Å². The summed E-state index contributed by atoms with van der Waals surface area (Å²) in [5, 5.41) is 13.4. The van der Waals surface area contributed by atoms with Crippen molar-refractivity contribution in [2.24, 2.45) is 5.92 Å². The average molecular weight is 250 g/mol. The fourth-order valence-electron chi connectivity index (χ4n) is 2.88. The predicted molar refractivity (Wildman–Crippen MR) is 74.4 cm³/mol. The van der Waals surface area contributed by atoms with E-state index in [9.17, 15) is 5.11 Å². The molecule has 18 heavy (non-hydrogen) atoms. The minimum atomic E-state index is -0.0892. The molecule has 0 bridgehead atoms. The van der Waals surface area contributed by atoms with Gasteiger partial charge in [-0.15, -0.1) is 0 Å². The zero-order chi connectivity index (χ0) is 12.8. The van der Waals surface area contributed by atoms with Gasteiger partial charge in [-0.2, -0.15) is 0 Å². The molecule has 1 saturated carbocycles. The topological polar surface area (TPSA) is 37.2 Å². The van der Waals surface area contributed by atoms with Crippen molar-refractivity contribution in [3.8, 4) is 0 Å². The Morgan fingerprint density at radius 1 is 1.39 bits per heavy atom. The lowest BCUT2D eigenvalue weighted by molar-refractivity contribution is 0.0694. The Kier molecular flexibility index (Phi) is 5.26. The highest BCUT2D eigenvalue weighted by Gasteiger charge is 2.22. The second-order valence-corrected chi connectivity index (χ2v) is 5.44. The van der Waals surface area contributed by atoms with Crippen LogP contribution in [-0.2, 0) is 13.1 Å². The molecule has 2 atom stereocenters. The number of hydrogen-bond donors (Lipinski definition) is 2. The van der Waals surface area contributed by atoms with Crippen molar-refractivity contribution >= 4 is 0 Å². The maximum atomic E-state index is 9.92. The summed E-state index contributed by atoms with van der Waals surface area (Å²) in [6.45, 7) is 5.15. The van der Waals surface area contributed by atoms with Crippen molar-refractivity contribution in [1.82, 2.24) is 9.88 Å². The highest BCUT2D eigenvalue weighted by atomic mass is 16.3. The molecule has 2 unspecified atom stereocenters. The quantitative estimate of drug-likeness (QED) is 0.814. The first-order chi connectivity index (χ1) is 8.81. The van der Waals surface area contributed by atoms with E-state index in [1.807, 2.05) is 0 Å². The first kappa shape index (κ1) is 13.6. The van der Waals surface area contributed by atoms with Crippen LogP contribution in [0.15, 0.2) is 18.3 Å². The molecule has 0 spiro atoms. The zero-order valence-corrected chi connectivity index (χ0v) is 11.4. The maximum absolute atomic E-state index is 9.92. The van der Waals surface area contributed by atoms with Gasteiger partial charge in [0.1, 0.15) is 0 Å². The van der Waals surface area contributed by atoms with E-state index in [2.05, 4.69) is 35.1 Å². The summed E-state index contributed by atoms with van der Waals surface area (Å²) in [6, 6.07) is 4.29. The van der Waals surface area contributed by atoms with Crippen LogP contribution in [0, 0.1) is 5.92 Å². The Bertz CT molecular complexity index is 348. The van der Waals surface area contributed by atoms with Crippen LogP contribution in [-0.4, -0.2) is 22.3 Å². The Morgan fingerprint density at radius 3 is 3.00 bits per heavy atom. The molecule has 3 nitrogen and oxygen atoms in total. The number of aryl methyl sites for hydroxylation is 1. The van der Waals surface area contributed by atoms with Gasteiger partial charge in [0.15, 0.2) is 0 Å². The number of nitrogens with zero attached hydrogens (tertiary/aromatic N) is 1. The standard InChI is InChI=1S/C15H26N2O/c1-2-9-17-10-5-7-14(17)12-16-11-13-6-3-4-8-15(13)18/h5,7,10,13,15-16,18H,2-4,6,8-9,11-12H2,1H3. The Hall–Kier alpha value is -0.800.